The van der Waals surface area contributed by atoms with Crippen molar-refractivity contribution in [3.63, 3.8) is 0 Å². The molecule has 358 valence electrons. The average molecular weight is 941 g/mol. The Bertz CT molecular complexity index is 2260. The lowest BCUT2D eigenvalue weighted by atomic mass is 9.97. The zero-order chi connectivity index (χ0) is 46.6. The van der Waals surface area contributed by atoms with Gasteiger partial charge in [0, 0.05) is 7.11 Å². The summed E-state index contributed by atoms with van der Waals surface area (Å²) in [5.41, 5.74) is 5.74. The van der Waals surface area contributed by atoms with Crippen molar-refractivity contribution in [3.05, 3.63) is 215 Å². The molecule has 0 unspecified atom stereocenters. The van der Waals surface area contributed by atoms with E-state index in [1.165, 1.54) is 0 Å². The second-order valence-electron chi connectivity index (χ2n) is 16.9. The van der Waals surface area contributed by atoms with Crippen molar-refractivity contribution in [3.8, 4) is 0 Å². The molecule has 0 aromatic heterocycles. The Morgan fingerprint density at radius 1 is 0.368 bits per heavy atom. The Labute approximate surface area is 406 Å². The number of benzene rings is 6. The molecule has 10 nitrogen and oxygen atoms in total. The van der Waals surface area contributed by atoms with Gasteiger partial charge in [-0.2, -0.15) is 0 Å². The van der Waals surface area contributed by atoms with E-state index >= 15 is 0 Å². The first-order valence-electron chi connectivity index (χ1n) is 23.6. The van der Waals surface area contributed by atoms with E-state index in [1.807, 2.05) is 146 Å². The smallest absolute Gasteiger partial charge is 0.186 e. The fourth-order valence-corrected chi connectivity index (χ4v) is 9.53. The van der Waals surface area contributed by atoms with Gasteiger partial charge in [-0.25, -0.2) is 0 Å². The van der Waals surface area contributed by atoms with Crippen LogP contribution >= 0.6 is 11.8 Å². The summed E-state index contributed by atoms with van der Waals surface area (Å²) in [4.78, 5) is 0. The van der Waals surface area contributed by atoms with Crippen LogP contribution in [-0.2, 0) is 87.0 Å². The number of methoxy groups -OCH3 is 1. The summed E-state index contributed by atoms with van der Waals surface area (Å²) in [6.45, 7) is 4.56. The van der Waals surface area contributed by atoms with E-state index < -0.39 is 60.6 Å². The van der Waals surface area contributed by atoms with Crippen molar-refractivity contribution in [2.75, 3.05) is 26.1 Å². The summed E-state index contributed by atoms with van der Waals surface area (Å²) in [5.74, 6) is 0.771. The van der Waals surface area contributed by atoms with Crippen molar-refractivity contribution < 1.29 is 47.4 Å². The third-order valence-electron chi connectivity index (χ3n) is 12.0. The number of rotatable bonds is 25. The van der Waals surface area contributed by atoms with Gasteiger partial charge in [-0.1, -0.05) is 189 Å². The largest absolute Gasteiger partial charge is 0.374 e. The Morgan fingerprint density at radius 3 is 1.09 bits per heavy atom. The molecule has 2 saturated heterocycles. The average Bonchev–Trinajstić information content (AvgIpc) is 3.39. The fraction of sp³-hybridized carbons (Fsp3) is 0.368. The molecule has 10 atom stereocenters. The third kappa shape index (κ3) is 14.4. The van der Waals surface area contributed by atoms with Gasteiger partial charge in [-0.15, -0.1) is 11.8 Å². The first-order chi connectivity index (χ1) is 33.6. The summed E-state index contributed by atoms with van der Waals surface area (Å²) in [7, 11) is 1.63. The third-order valence-corrected chi connectivity index (χ3v) is 13.1. The minimum atomic E-state index is -0.814. The van der Waals surface area contributed by atoms with Crippen LogP contribution in [0.4, 0.5) is 0 Å². The van der Waals surface area contributed by atoms with Crippen LogP contribution in [0.25, 0.3) is 0 Å². The molecule has 2 fully saturated rings. The van der Waals surface area contributed by atoms with Gasteiger partial charge in [0.05, 0.1) is 52.9 Å². The van der Waals surface area contributed by atoms with E-state index in [9.17, 15) is 0 Å². The van der Waals surface area contributed by atoms with Crippen molar-refractivity contribution in [1.29, 1.82) is 0 Å². The van der Waals surface area contributed by atoms with Crippen LogP contribution in [-0.4, -0.2) is 86.6 Å². The van der Waals surface area contributed by atoms with Crippen LogP contribution in [0.2, 0.25) is 0 Å². The molecule has 0 aliphatic carbocycles. The van der Waals surface area contributed by atoms with Gasteiger partial charge in [0.15, 0.2) is 6.29 Å². The van der Waals surface area contributed by atoms with Crippen molar-refractivity contribution in [2.24, 2.45) is 0 Å². The summed E-state index contributed by atoms with van der Waals surface area (Å²) in [6.07, 6.45) is -5.66. The molecular formula is C57H64O10S. The second-order valence-corrected chi connectivity index (χ2v) is 18.3. The lowest BCUT2D eigenvalue weighted by Gasteiger charge is -2.48. The summed E-state index contributed by atoms with van der Waals surface area (Å²) < 4.78 is 68.2. The Balaban J connectivity index is 1.11. The topological polar surface area (TPSA) is 92.3 Å². The molecule has 6 aromatic carbocycles. The first-order valence-corrected chi connectivity index (χ1v) is 24.7. The molecule has 8 rings (SSSR count). The maximum atomic E-state index is 7.20. The quantitative estimate of drug-likeness (QED) is 0.0549. The minimum Gasteiger partial charge on any atom is -0.374 e. The number of hydrogen-bond donors (Lipinski definition) is 0. The van der Waals surface area contributed by atoms with Gasteiger partial charge in [-0.05, 0) is 39.1 Å². The molecule has 68 heavy (non-hydrogen) atoms. The predicted octanol–water partition coefficient (Wildman–Crippen LogP) is 10.4. The molecule has 2 heterocycles. The highest BCUT2D eigenvalue weighted by atomic mass is 32.2. The van der Waals surface area contributed by atoms with Crippen LogP contribution < -0.4 is 0 Å². The number of hydrogen-bond acceptors (Lipinski definition) is 11. The van der Waals surface area contributed by atoms with Crippen molar-refractivity contribution >= 4 is 11.8 Å². The van der Waals surface area contributed by atoms with Gasteiger partial charge in [0.1, 0.15) is 54.3 Å². The van der Waals surface area contributed by atoms with Crippen LogP contribution in [0.15, 0.2) is 182 Å². The van der Waals surface area contributed by atoms with Crippen LogP contribution in [0.5, 0.6) is 0 Å². The summed E-state index contributed by atoms with van der Waals surface area (Å²) in [6, 6.07) is 60.8. The van der Waals surface area contributed by atoms with Crippen molar-refractivity contribution in [1.82, 2.24) is 0 Å². The normalized spacial score (nSPS) is 25.0. The van der Waals surface area contributed by atoms with Gasteiger partial charge in [-0.3, -0.25) is 0 Å². The lowest BCUT2D eigenvalue weighted by molar-refractivity contribution is -0.328. The molecule has 6 aromatic rings. The highest BCUT2D eigenvalue weighted by Gasteiger charge is 2.52. The maximum Gasteiger partial charge on any atom is 0.186 e. The first kappa shape index (κ1) is 49.7. The molecule has 2 aliphatic heterocycles. The fourth-order valence-electron chi connectivity index (χ4n) is 8.55. The molecular weight excluding hydrogens is 877 g/mol. The zero-order valence-corrected chi connectivity index (χ0v) is 39.8. The Kier molecular flexibility index (Phi) is 19.6. The van der Waals surface area contributed by atoms with E-state index in [2.05, 4.69) is 43.3 Å². The van der Waals surface area contributed by atoms with Crippen LogP contribution in [0.3, 0.4) is 0 Å². The lowest BCUT2D eigenvalue weighted by Crippen LogP contribution is -2.63. The summed E-state index contributed by atoms with van der Waals surface area (Å²) >= 11 is 1.67. The molecule has 0 amide bonds. The molecule has 0 saturated carbocycles. The summed E-state index contributed by atoms with van der Waals surface area (Å²) in [5, 5.41) is 0. The molecule has 11 heteroatoms. The maximum absolute atomic E-state index is 7.20. The van der Waals surface area contributed by atoms with Crippen molar-refractivity contribution in [2.45, 2.75) is 107 Å². The van der Waals surface area contributed by atoms with Gasteiger partial charge in [0.2, 0.25) is 0 Å². The monoisotopic (exact) mass is 940 g/mol. The van der Waals surface area contributed by atoms with Crippen LogP contribution in [0.1, 0.15) is 40.3 Å². The van der Waals surface area contributed by atoms with E-state index in [-0.39, 0.29) is 13.2 Å². The van der Waals surface area contributed by atoms with Gasteiger partial charge < -0.3 is 47.4 Å². The Hall–Kier alpha value is -4.73. The number of ether oxygens (including phenoxy) is 10. The van der Waals surface area contributed by atoms with E-state index in [4.69, 9.17) is 47.4 Å². The predicted molar refractivity (Wildman–Crippen MR) is 263 cm³/mol. The molecule has 0 bridgehead atoms. The van der Waals surface area contributed by atoms with Crippen LogP contribution in [0, 0.1) is 0 Å². The van der Waals surface area contributed by atoms with Gasteiger partial charge in [0.25, 0.3) is 0 Å². The zero-order valence-electron chi connectivity index (χ0n) is 38.9. The molecule has 2 aliphatic rings. The van der Waals surface area contributed by atoms with E-state index in [0.717, 1.165) is 39.1 Å². The molecule has 0 N–H and O–H groups in total. The Morgan fingerprint density at radius 2 is 0.706 bits per heavy atom. The molecule has 0 radical (unpaired) electrons. The molecule has 0 spiro atoms. The standard InChI is InChI=1S/C57H64O10S/c1-3-68-57-55(53(63-38-46-30-18-8-19-31-46)50(60-35-43-24-12-5-13-25-43)48(67-57)40-59-34-42-22-10-4-11-23-42)65-41-49-51(61-36-44-26-14-6-15-27-44)52(62-37-45-28-16-7-17-29-45)54(56(58-2)66-49)64-39-47-32-20-9-21-33-47/h4-33,48-57H,3,34-41H2,1-2H3/t48-,49-,50-,51+,52+,53+,54-,55+,56-,57-/m1/s1. The highest BCUT2D eigenvalue weighted by molar-refractivity contribution is 7.99. The second kappa shape index (κ2) is 26.9. The number of thioether (sulfide) groups is 1. The SMILES string of the molecule is CCS[C@H]1O[C@H](COCc2ccccc2)[C@@H](OCc2ccccc2)[C@H](OCc2ccccc2)[C@@H]1OC[C@H]1O[C@@H](OC)[C@H](OCc2ccccc2)[C@@H](OCc2ccccc2)[C@H]1OCc1ccccc1. The minimum absolute atomic E-state index is 0.0937. The van der Waals surface area contributed by atoms with E-state index in [0.29, 0.717) is 39.6 Å². The highest BCUT2D eigenvalue weighted by Crippen LogP contribution is 2.37. The van der Waals surface area contributed by atoms with E-state index in [1.54, 1.807) is 18.9 Å². The van der Waals surface area contributed by atoms with Gasteiger partial charge >= 0.3 is 0 Å².